The van der Waals surface area contributed by atoms with Gasteiger partial charge in [0.2, 0.25) is 0 Å². The Morgan fingerprint density at radius 1 is 1.09 bits per heavy atom. The molecule has 0 spiro atoms. The monoisotopic (exact) mass is 438 g/mol. The van der Waals surface area contributed by atoms with Crippen molar-refractivity contribution in [3.8, 4) is 11.1 Å². The van der Waals surface area contributed by atoms with Crippen molar-refractivity contribution in [2.24, 2.45) is 0 Å². The topological polar surface area (TPSA) is 62.5 Å². The summed E-state index contributed by atoms with van der Waals surface area (Å²) < 4.78 is 35.7. The van der Waals surface area contributed by atoms with Crippen LogP contribution in [-0.2, 0) is 29.8 Å². The van der Waals surface area contributed by atoms with Crippen molar-refractivity contribution in [3.63, 3.8) is 0 Å². The molecule has 132 valence electrons. The molecular weight excluding hydrogens is 426 g/mol. The van der Waals surface area contributed by atoms with Crippen LogP contribution in [0.1, 0.15) is 0 Å². The van der Waals surface area contributed by atoms with Crippen LogP contribution in [0.2, 0.25) is 0 Å². The molecule has 0 fully saturated rings. The van der Waals surface area contributed by atoms with E-state index >= 15 is 0 Å². The van der Waals surface area contributed by atoms with E-state index in [0.29, 0.717) is 5.69 Å². The molecule has 0 bridgehead atoms. The van der Waals surface area contributed by atoms with Gasteiger partial charge in [0.25, 0.3) is 0 Å². The molecule has 0 amide bonds. The number of hydrogen-bond acceptors (Lipinski definition) is 4. The van der Waals surface area contributed by atoms with Gasteiger partial charge in [0.15, 0.2) is 0 Å². The minimum atomic E-state index is -4.54. The van der Waals surface area contributed by atoms with Crippen LogP contribution in [-0.4, -0.2) is 10.8 Å². The maximum atomic E-state index is 10.9. The second-order valence-electron chi connectivity index (χ2n) is 3.49. The molecule has 0 aliphatic carbocycles. The Morgan fingerprint density at radius 3 is 2.13 bits per heavy atom. The van der Waals surface area contributed by atoms with Crippen molar-refractivity contribution in [1.82, 2.24) is 0 Å². The number of halogens is 3. The normalized spacial score (nSPS) is 9.74. The molecule has 0 unspecified atom stereocenters. The molecular formula is C14H13F3NO3PdS-3. The molecule has 0 saturated heterocycles. The molecule has 0 aliphatic heterocycles. The van der Waals surface area contributed by atoms with E-state index in [1.807, 2.05) is 42.5 Å². The molecule has 0 saturated carbocycles. The summed E-state index contributed by atoms with van der Waals surface area (Å²) in [6.45, 7) is 0. The molecule has 0 radical (unpaired) electrons. The van der Waals surface area contributed by atoms with Crippen LogP contribution in [0.4, 0.5) is 18.9 Å². The zero-order valence-electron chi connectivity index (χ0n) is 11.7. The van der Waals surface area contributed by atoms with Crippen LogP contribution >= 0.6 is 12.0 Å². The summed E-state index contributed by atoms with van der Waals surface area (Å²) in [5.74, 6) is 0. The Balaban J connectivity index is 0. The predicted octanol–water partition coefficient (Wildman–Crippen LogP) is 5.86. The number of hydrogen-bond donors (Lipinski definition) is 1. The summed E-state index contributed by atoms with van der Waals surface area (Å²) in [4.78, 5) is 0. The second-order valence-corrected chi connectivity index (χ2v) is 4.26. The molecule has 2 rings (SSSR count). The maximum Gasteiger partial charge on any atom is 0.471 e. The zero-order valence-corrected chi connectivity index (χ0v) is 14.1. The Morgan fingerprint density at radius 2 is 1.70 bits per heavy atom. The molecule has 0 aromatic heterocycles. The van der Waals surface area contributed by atoms with Gasteiger partial charge in [-0.2, -0.15) is 18.9 Å². The summed E-state index contributed by atoms with van der Waals surface area (Å²) in [7, 11) is 0. The maximum absolute atomic E-state index is 10.9. The minimum absolute atomic E-state index is 0. The average Bonchev–Trinajstić information content (AvgIpc) is 2.46. The summed E-state index contributed by atoms with van der Waals surface area (Å²) in [5, 5.41) is 9.85. The molecule has 2 N–H and O–H groups in total. The van der Waals surface area contributed by atoms with E-state index in [1.165, 1.54) is 0 Å². The van der Waals surface area contributed by atoms with Crippen LogP contribution in [0.15, 0.2) is 48.5 Å². The zero-order chi connectivity index (χ0) is 15.7. The van der Waals surface area contributed by atoms with E-state index < -0.39 is 17.6 Å². The van der Waals surface area contributed by atoms with Crippen LogP contribution in [0.5, 0.6) is 0 Å². The average molecular weight is 439 g/mol. The van der Waals surface area contributed by atoms with Gasteiger partial charge >= 0.3 is 5.51 Å². The largest absolute Gasteiger partial charge is 0.706 e. The van der Waals surface area contributed by atoms with E-state index in [9.17, 15) is 13.2 Å². The van der Waals surface area contributed by atoms with Crippen molar-refractivity contribution < 1.29 is 48.2 Å². The van der Waals surface area contributed by atoms with Crippen molar-refractivity contribution in [2.45, 2.75) is 5.51 Å². The van der Waals surface area contributed by atoms with Gasteiger partial charge < -0.3 is 13.2 Å². The molecule has 2 aromatic carbocycles. The van der Waals surface area contributed by atoms with E-state index in [1.54, 1.807) is 6.07 Å². The number of alkyl halides is 3. The Hall–Kier alpha value is -1.08. The van der Waals surface area contributed by atoms with Crippen molar-refractivity contribution in [1.29, 1.82) is 0 Å². The fourth-order valence-electron chi connectivity index (χ4n) is 1.33. The standard InChI is InChI=1S/C12H9N.CHF3O3S.CH3.Pd/c13-12-9-5-4-8-11(12)10-6-2-1-3-7-10;2-1(3,4)8-7-6-5;;/h1-6,8-9,13H;5H;1H3;/q-2;;-1;. The van der Waals surface area contributed by atoms with Gasteiger partial charge in [0, 0.05) is 20.4 Å². The van der Waals surface area contributed by atoms with Gasteiger partial charge in [-0.1, -0.05) is 29.3 Å². The molecule has 0 aliphatic rings. The minimum Gasteiger partial charge on any atom is -0.706 e. The summed E-state index contributed by atoms with van der Waals surface area (Å²) in [5.41, 5.74) is 5.61. The molecule has 0 atom stereocenters. The summed E-state index contributed by atoms with van der Waals surface area (Å²) in [6, 6.07) is 18.4. The van der Waals surface area contributed by atoms with Gasteiger partial charge in [0.1, 0.15) is 12.0 Å². The third-order valence-corrected chi connectivity index (χ3v) is 2.40. The first kappa shape index (κ1) is 24.2. The fraction of sp³-hybridized carbons (Fsp3) is 0.0714. The first-order chi connectivity index (χ1) is 9.94. The van der Waals surface area contributed by atoms with Gasteiger partial charge in [-0.15, -0.1) is 45.8 Å². The van der Waals surface area contributed by atoms with Crippen molar-refractivity contribution >= 4 is 17.7 Å². The SMILES string of the molecule is OOOSC(F)(F)F.[CH3-].[NH-]c1ccccc1-c1[c-]cccc1.[Pd]. The summed E-state index contributed by atoms with van der Waals surface area (Å²) in [6.07, 6.45) is 0. The first-order valence-electron chi connectivity index (χ1n) is 5.44. The molecule has 9 heteroatoms. The predicted molar refractivity (Wildman–Crippen MR) is 79.6 cm³/mol. The molecule has 2 aromatic rings. The van der Waals surface area contributed by atoms with E-state index in [2.05, 4.69) is 15.4 Å². The number of rotatable bonds is 3. The van der Waals surface area contributed by atoms with Crippen molar-refractivity contribution in [3.05, 3.63) is 67.8 Å². The third kappa shape index (κ3) is 10.3. The number of nitrogens with one attached hydrogen (secondary N) is 1. The number of benzene rings is 2. The van der Waals surface area contributed by atoms with Gasteiger partial charge in [-0.3, -0.25) is 0 Å². The fourth-order valence-corrected chi connectivity index (χ4v) is 1.44. The molecule has 4 nitrogen and oxygen atoms in total. The van der Waals surface area contributed by atoms with Crippen LogP contribution in [0.3, 0.4) is 0 Å². The van der Waals surface area contributed by atoms with Crippen LogP contribution in [0, 0.1) is 13.5 Å². The smallest absolute Gasteiger partial charge is 0.471 e. The van der Waals surface area contributed by atoms with Gasteiger partial charge in [0.05, 0.1) is 0 Å². The molecule has 0 heterocycles. The van der Waals surface area contributed by atoms with E-state index in [0.717, 1.165) is 11.1 Å². The first-order valence-corrected chi connectivity index (χ1v) is 6.18. The van der Waals surface area contributed by atoms with E-state index in [-0.39, 0.29) is 27.8 Å². The van der Waals surface area contributed by atoms with Gasteiger partial charge in [-0.25, -0.2) is 5.26 Å². The van der Waals surface area contributed by atoms with E-state index in [4.69, 9.17) is 11.0 Å². The Bertz CT molecular complexity index is 544. The quantitative estimate of drug-likeness (QED) is 0.214. The van der Waals surface area contributed by atoms with Crippen LogP contribution in [0.25, 0.3) is 16.9 Å². The molecule has 23 heavy (non-hydrogen) atoms. The van der Waals surface area contributed by atoms with Crippen molar-refractivity contribution in [2.75, 3.05) is 0 Å². The van der Waals surface area contributed by atoms with Crippen LogP contribution < -0.4 is 0 Å². The summed E-state index contributed by atoms with van der Waals surface area (Å²) >= 11 is -0.939. The second kappa shape index (κ2) is 12.4. The third-order valence-electron chi connectivity index (χ3n) is 2.09. The van der Waals surface area contributed by atoms with Gasteiger partial charge in [-0.05, 0) is 0 Å². The Labute approximate surface area is 150 Å². The Kier molecular flexibility index (Phi) is 13.0.